The van der Waals surface area contributed by atoms with Crippen molar-refractivity contribution in [2.45, 2.75) is 41.5 Å². The highest BCUT2D eigenvalue weighted by molar-refractivity contribution is 5.71. The maximum atomic E-state index is 11.0. The molecule has 0 aromatic rings. The topological polar surface area (TPSA) is 57.6 Å². The lowest BCUT2D eigenvalue weighted by molar-refractivity contribution is -0.150. The Bertz CT molecular complexity index is 232. The van der Waals surface area contributed by atoms with Crippen molar-refractivity contribution in [2.24, 2.45) is 16.7 Å². The Morgan fingerprint density at radius 3 is 1.29 bits per heavy atom. The first-order chi connectivity index (χ1) is 7.34. The van der Waals surface area contributed by atoms with E-state index in [4.69, 9.17) is 5.11 Å². The van der Waals surface area contributed by atoms with Crippen LogP contribution in [0.2, 0.25) is 0 Å². The van der Waals surface area contributed by atoms with Crippen molar-refractivity contribution in [3.63, 3.8) is 0 Å². The van der Waals surface area contributed by atoms with E-state index < -0.39 is 5.97 Å². The van der Waals surface area contributed by atoms with Crippen molar-refractivity contribution in [3.05, 3.63) is 0 Å². The lowest BCUT2D eigenvalue weighted by Gasteiger charge is -2.37. The Labute approximate surface area is 105 Å². The fraction of sp³-hybridized carbons (Fsp3) is 0.846. The lowest BCUT2D eigenvalue weighted by atomic mass is 9.67. The van der Waals surface area contributed by atoms with Gasteiger partial charge in [0.1, 0.15) is 0 Å². The molecule has 0 heterocycles. The van der Waals surface area contributed by atoms with E-state index in [2.05, 4.69) is 0 Å². The SMILES string of the molecule is CC(C)(C)C(C(=O)O)C(C)(C)C.CN(C)C=O. The fourth-order valence-electron chi connectivity index (χ4n) is 2.04. The van der Waals surface area contributed by atoms with Crippen molar-refractivity contribution in [3.8, 4) is 0 Å². The highest BCUT2D eigenvalue weighted by Crippen LogP contribution is 2.39. The van der Waals surface area contributed by atoms with E-state index in [1.807, 2.05) is 41.5 Å². The summed E-state index contributed by atoms with van der Waals surface area (Å²) in [6.45, 7) is 11.8. The first-order valence-electron chi connectivity index (χ1n) is 5.68. The Morgan fingerprint density at radius 1 is 1.06 bits per heavy atom. The molecule has 102 valence electrons. The molecule has 0 spiro atoms. The smallest absolute Gasteiger partial charge is 0.307 e. The van der Waals surface area contributed by atoms with Gasteiger partial charge in [-0.2, -0.15) is 0 Å². The third-order valence-corrected chi connectivity index (χ3v) is 2.19. The Morgan fingerprint density at radius 2 is 1.29 bits per heavy atom. The molecule has 0 aliphatic heterocycles. The van der Waals surface area contributed by atoms with Crippen LogP contribution in [0.25, 0.3) is 0 Å². The van der Waals surface area contributed by atoms with Crippen LogP contribution >= 0.6 is 0 Å². The van der Waals surface area contributed by atoms with E-state index >= 15 is 0 Å². The minimum absolute atomic E-state index is 0.177. The standard InChI is InChI=1S/C10H20O2.C3H7NO/c1-9(2,3)7(8(11)12)10(4,5)6;1-4(2)3-5/h7H,1-6H3,(H,11,12);3H,1-2H3. The Kier molecular flexibility index (Phi) is 7.13. The first kappa shape index (κ1) is 18.3. The number of aliphatic carboxylic acids is 1. The molecule has 0 unspecified atom stereocenters. The highest BCUT2D eigenvalue weighted by Gasteiger charge is 2.40. The van der Waals surface area contributed by atoms with Gasteiger partial charge in [-0.25, -0.2) is 0 Å². The van der Waals surface area contributed by atoms with Gasteiger partial charge in [-0.1, -0.05) is 41.5 Å². The molecular formula is C13H27NO3. The number of carboxylic acids is 1. The van der Waals surface area contributed by atoms with Crippen molar-refractivity contribution in [1.82, 2.24) is 4.90 Å². The zero-order valence-corrected chi connectivity index (χ0v) is 12.4. The van der Waals surface area contributed by atoms with E-state index in [1.54, 1.807) is 14.1 Å². The van der Waals surface area contributed by atoms with Crippen LogP contribution in [0.1, 0.15) is 41.5 Å². The molecular weight excluding hydrogens is 218 g/mol. The van der Waals surface area contributed by atoms with E-state index in [9.17, 15) is 9.59 Å². The molecule has 4 nitrogen and oxygen atoms in total. The molecule has 17 heavy (non-hydrogen) atoms. The summed E-state index contributed by atoms with van der Waals surface area (Å²) in [6.07, 6.45) is 0.750. The summed E-state index contributed by atoms with van der Waals surface area (Å²) in [7, 11) is 3.38. The summed E-state index contributed by atoms with van der Waals surface area (Å²) in [5.41, 5.74) is -0.353. The predicted molar refractivity (Wildman–Crippen MR) is 69.8 cm³/mol. The summed E-state index contributed by atoms with van der Waals surface area (Å²) >= 11 is 0. The van der Waals surface area contributed by atoms with Crippen molar-refractivity contribution < 1.29 is 14.7 Å². The molecule has 0 aromatic carbocycles. The van der Waals surface area contributed by atoms with Gasteiger partial charge in [-0.3, -0.25) is 9.59 Å². The molecule has 0 aromatic heterocycles. The second-order valence-corrected chi connectivity index (χ2v) is 6.57. The third-order valence-electron chi connectivity index (χ3n) is 2.19. The Balaban J connectivity index is 0. The summed E-state index contributed by atoms with van der Waals surface area (Å²) in [5.74, 6) is -1.00. The van der Waals surface area contributed by atoms with E-state index in [0.717, 1.165) is 6.41 Å². The fourth-order valence-corrected chi connectivity index (χ4v) is 2.04. The van der Waals surface area contributed by atoms with Gasteiger partial charge in [0, 0.05) is 14.1 Å². The van der Waals surface area contributed by atoms with Gasteiger partial charge < -0.3 is 10.0 Å². The molecule has 0 aliphatic carbocycles. The molecule has 0 aliphatic rings. The van der Waals surface area contributed by atoms with Gasteiger partial charge in [-0.05, 0) is 10.8 Å². The van der Waals surface area contributed by atoms with E-state index in [-0.39, 0.29) is 16.7 Å². The number of carbonyl (C=O) groups excluding carboxylic acids is 1. The molecule has 0 radical (unpaired) electrons. The quantitative estimate of drug-likeness (QED) is 0.760. The molecule has 1 N–H and O–H groups in total. The second kappa shape index (κ2) is 6.62. The highest BCUT2D eigenvalue weighted by atomic mass is 16.4. The first-order valence-corrected chi connectivity index (χ1v) is 5.68. The van der Waals surface area contributed by atoms with E-state index in [1.165, 1.54) is 4.90 Å². The van der Waals surface area contributed by atoms with Crippen molar-refractivity contribution >= 4 is 12.4 Å². The molecule has 0 fully saturated rings. The summed E-state index contributed by atoms with van der Waals surface area (Å²) < 4.78 is 0. The third kappa shape index (κ3) is 8.72. The van der Waals surface area contributed by atoms with Gasteiger partial charge >= 0.3 is 5.97 Å². The molecule has 0 atom stereocenters. The van der Waals surface area contributed by atoms with Gasteiger partial charge in [0.2, 0.25) is 6.41 Å². The van der Waals surface area contributed by atoms with Crippen LogP contribution in [0, 0.1) is 16.7 Å². The second-order valence-electron chi connectivity index (χ2n) is 6.57. The zero-order chi connectivity index (χ0) is 14.4. The van der Waals surface area contributed by atoms with Gasteiger partial charge in [0.05, 0.1) is 5.92 Å². The number of rotatable bonds is 2. The van der Waals surface area contributed by atoms with E-state index in [0.29, 0.717) is 0 Å². The minimum atomic E-state index is -0.699. The minimum Gasteiger partial charge on any atom is -0.481 e. The average Bonchev–Trinajstić information content (AvgIpc) is 1.97. The number of hydrogen-bond acceptors (Lipinski definition) is 2. The van der Waals surface area contributed by atoms with Gasteiger partial charge in [0.25, 0.3) is 0 Å². The summed E-state index contributed by atoms with van der Waals surface area (Å²) in [6, 6.07) is 0. The maximum Gasteiger partial charge on any atom is 0.307 e. The number of carbonyl (C=O) groups is 2. The number of hydrogen-bond donors (Lipinski definition) is 1. The average molecular weight is 245 g/mol. The summed E-state index contributed by atoms with van der Waals surface area (Å²) in [4.78, 5) is 21.9. The molecule has 0 rings (SSSR count). The number of nitrogens with zero attached hydrogens (tertiary/aromatic N) is 1. The maximum absolute atomic E-state index is 11.0. The number of amides is 1. The number of carboxylic acid groups (broad SMARTS) is 1. The Hall–Kier alpha value is -1.06. The largest absolute Gasteiger partial charge is 0.481 e. The normalized spacial score (nSPS) is 11.6. The molecule has 0 bridgehead atoms. The van der Waals surface area contributed by atoms with Crippen LogP contribution in [0.4, 0.5) is 0 Å². The van der Waals surface area contributed by atoms with Gasteiger partial charge in [0.15, 0.2) is 0 Å². The lowest BCUT2D eigenvalue weighted by Crippen LogP contribution is -2.38. The predicted octanol–water partition coefficient (Wildman–Crippen LogP) is 2.48. The van der Waals surface area contributed by atoms with Crippen LogP contribution in [-0.4, -0.2) is 36.5 Å². The van der Waals surface area contributed by atoms with Gasteiger partial charge in [-0.15, -0.1) is 0 Å². The monoisotopic (exact) mass is 245 g/mol. The molecule has 4 heteroatoms. The van der Waals surface area contributed by atoms with Crippen LogP contribution in [0.5, 0.6) is 0 Å². The zero-order valence-electron chi connectivity index (χ0n) is 12.4. The van der Waals surface area contributed by atoms with Crippen molar-refractivity contribution in [1.29, 1.82) is 0 Å². The van der Waals surface area contributed by atoms with Crippen LogP contribution < -0.4 is 0 Å². The molecule has 0 saturated heterocycles. The van der Waals surface area contributed by atoms with Crippen LogP contribution in [0.15, 0.2) is 0 Å². The van der Waals surface area contributed by atoms with Crippen molar-refractivity contribution in [2.75, 3.05) is 14.1 Å². The van der Waals surface area contributed by atoms with Crippen LogP contribution in [0.3, 0.4) is 0 Å². The summed E-state index contributed by atoms with van der Waals surface area (Å²) in [5, 5.41) is 9.04. The molecule has 0 saturated carbocycles. The molecule has 1 amide bonds. The van der Waals surface area contributed by atoms with Crippen LogP contribution in [-0.2, 0) is 9.59 Å².